The molecule has 3 aromatic rings. The second kappa shape index (κ2) is 8.74. The van der Waals surface area contributed by atoms with Gasteiger partial charge in [-0.15, -0.1) is 0 Å². The fourth-order valence-corrected chi connectivity index (χ4v) is 3.27. The van der Waals surface area contributed by atoms with Crippen LogP contribution >= 0.6 is 0 Å². The number of benzene rings is 3. The van der Waals surface area contributed by atoms with Gasteiger partial charge in [-0.05, 0) is 60.4 Å². The molecule has 1 atom stereocenters. The highest BCUT2D eigenvalue weighted by Crippen LogP contribution is 2.30. The highest BCUT2D eigenvalue weighted by molar-refractivity contribution is 5.33. The second-order valence-electron chi connectivity index (χ2n) is 7.01. The molecule has 29 heavy (non-hydrogen) atoms. The van der Waals surface area contributed by atoms with Gasteiger partial charge in [-0.2, -0.15) is 13.2 Å². The van der Waals surface area contributed by atoms with E-state index in [2.05, 4.69) is 5.32 Å². The third kappa shape index (κ3) is 5.64. The van der Waals surface area contributed by atoms with Gasteiger partial charge in [0.05, 0.1) is 11.6 Å². The first-order valence-electron chi connectivity index (χ1n) is 9.15. The number of nitrogens with one attached hydrogen (secondary N) is 1. The molecule has 0 aliphatic carbocycles. The second-order valence-corrected chi connectivity index (χ2v) is 7.01. The van der Waals surface area contributed by atoms with Crippen molar-refractivity contribution in [2.45, 2.75) is 31.6 Å². The van der Waals surface area contributed by atoms with Crippen LogP contribution in [-0.4, -0.2) is 6.04 Å². The molecule has 0 aliphatic heterocycles. The molecule has 0 bridgehead atoms. The molecule has 0 fully saturated rings. The molecule has 3 rings (SSSR count). The van der Waals surface area contributed by atoms with Gasteiger partial charge in [-0.3, -0.25) is 0 Å². The Bertz CT molecular complexity index is 887. The highest BCUT2D eigenvalue weighted by atomic mass is 19.4. The molecule has 152 valence electrons. The first kappa shape index (κ1) is 21.0. The fourth-order valence-electron chi connectivity index (χ4n) is 3.27. The number of hydrogen-bond acceptors (Lipinski definition) is 1. The Labute approximate surface area is 166 Å². The molecule has 0 amide bonds. The molecule has 0 saturated carbocycles. The first-order valence-corrected chi connectivity index (χ1v) is 9.15. The van der Waals surface area contributed by atoms with Crippen molar-refractivity contribution in [2.75, 3.05) is 0 Å². The molecule has 0 aliphatic rings. The molecule has 0 heterocycles. The molecule has 6 heteroatoms. The summed E-state index contributed by atoms with van der Waals surface area (Å²) in [6.07, 6.45) is -4.03. The molecule has 0 aromatic heterocycles. The predicted molar refractivity (Wildman–Crippen MR) is 102 cm³/mol. The lowest BCUT2D eigenvalue weighted by Crippen LogP contribution is -2.33. The van der Waals surface area contributed by atoms with E-state index in [0.717, 1.165) is 23.3 Å². The maximum absolute atomic E-state index is 13.3. The van der Waals surface area contributed by atoms with Crippen LogP contribution in [0.5, 0.6) is 0 Å². The van der Waals surface area contributed by atoms with Crippen molar-refractivity contribution in [1.82, 2.24) is 5.32 Å². The molecular formula is C23H20F5N. The normalized spacial score (nSPS) is 12.9. The van der Waals surface area contributed by atoms with Crippen LogP contribution in [0.2, 0.25) is 0 Å². The lowest BCUT2D eigenvalue weighted by molar-refractivity contribution is -0.137. The van der Waals surface area contributed by atoms with Gasteiger partial charge in [-0.1, -0.05) is 42.5 Å². The fraction of sp³-hybridized carbons (Fsp3) is 0.217. The van der Waals surface area contributed by atoms with Crippen LogP contribution in [0.1, 0.15) is 35.2 Å². The smallest absolute Gasteiger partial charge is 0.303 e. The zero-order chi connectivity index (χ0) is 21.0. The Kier molecular flexibility index (Phi) is 6.33. The Morgan fingerprint density at radius 3 is 1.79 bits per heavy atom. The minimum atomic E-state index is -4.39. The van der Waals surface area contributed by atoms with Gasteiger partial charge in [0.1, 0.15) is 11.6 Å². The Balaban J connectivity index is 1.82. The SMILES string of the molecule is C[C@H](Cc1cccc(C(F)(F)F)c1)NC(c1ccc(F)cc1)c1ccc(F)cc1. The van der Waals surface area contributed by atoms with E-state index in [9.17, 15) is 22.0 Å². The van der Waals surface area contributed by atoms with Gasteiger partial charge in [0.15, 0.2) is 0 Å². The van der Waals surface area contributed by atoms with Gasteiger partial charge in [0.25, 0.3) is 0 Å². The van der Waals surface area contributed by atoms with Crippen molar-refractivity contribution in [3.8, 4) is 0 Å². The van der Waals surface area contributed by atoms with E-state index < -0.39 is 11.7 Å². The van der Waals surface area contributed by atoms with Crippen LogP contribution in [0, 0.1) is 11.6 Å². The third-order valence-electron chi connectivity index (χ3n) is 4.65. The molecule has 0 spiro atoms. The van der Waals surface area contributed by atoms with Crippen molar-refractivity contribution in [3.63, 3.8) is 0 Å². The van der Waals surface area contributed by atoms with Gasteiger partial charge >= 0.3 is 6.18 Å². The number of halogens is 5. The van der Waals surface area contributed by atoms with E-state index in [1.807, 2.05) is 6.92 Å². The van der Waals surface area contributed by atoms with E-state index in [0.29, 0.717) is 12.0 Å². The summed E-state index contributed by atoms with van der Waals surface area (Å²) < 4.78 is 65.5. The maximum Gasteiger partial charge on any atom is 0.416 e. The molecule has 1 N–H and O–H groups in total. The Morgan fingerprint density at radius 2 is 1.31 bits per heavy atom. The summed E-state index contributed by atoms with van der Waals surface area (Å²) in [5, 5.41) is 3.37. The van der Waals surface area contributed by atoms with Crippen LogP contribution in [0.25, 0.3) is 0 Å². The van der Waals surface area contributed by atoms with Gasteiger partial charge in [-0.25, -0.2) is 8.78 Å². The van der Waals surface area contributed by atoms with E-state index in [1.165, 1.54) is 30.3 Å². The Hall–Kier alpha value is -2.73. The minimum Gasteiger partial charge on any atom is -0.303 e. The van der Waals surface area contributed by atoms with Crippen molar-refractivity contribution in [3.05, 3.63) is 107 Å². The quantitative estimate of drug-likeness (QED) is 0.475. The van der Waals surface area contributed by atoms with E-state index in [1.54, 1.807) is 30.3 Å². The molecule has 3 aromatic carbocycles. The van der Waals surface area contributed by atoms with Gasteiger partial charge in [0.2, 0.25) is 0 Å². The maximum atomic E-state index is 13.3. The first-order chi connectivity index (χ1) is 13.7. The van der Waals surface area contributed by atoms with Crippen LogP contribution < -0.4 is 5.32 Å². The van der Waals surface area contributed by atoms with Crippen LogP contribution in [-0.2, 0) is 12.6 Å². The van der Waals surface area contributed by atoms with Crippen molar-refractivity contribution in [1.29, 1.82) is 0 Å². The predicted octanol–water partition coefficient (Wildman–Crippen LogP) is 6.29. The Morgan fingerprint density at radius 1 is 0.793 bits per heavy atom. The molecule has 0 radical (unpaired) electrons. The summed E-state index contributed by atoms with van der Waals surface area (Å²) >= 11 is 0. The summed E-state index contributed by atoms with van der Waals surface area (Å²) in [7, 11) is 0. The zero-order valence-corrected chi connectivity index (χ0v) is 15.7. The van der Waals surface area contributed by atoms with E-state index >= 15 is 0 Å². The monoisotopic (exact) mass is 405 g/mol. The summed E-state index contributed by atoms with van der Waals surface area (Å²) in [5.41, 5.74) is 1.41. The van der Waals surface area contributed by atoms with Crippen molar-refractivity contribution < 1.29 is 22.0 Å². The number of hydrogen-bond donors (Lipinski definition) is 1. The van der Waals surface area contributed by atoms with Crippen LogP contribution in [0.4, 0.5) is 22.0 Å². The minimum absolute atomic E-state index is 0.196. The van der Waals surface area contributed by atoms with E-state index in [4.69, 9.17) is 0 Å². The topological polar surface area (TPSA) is 12.0 Å². The average molecular weight is 405 g/mol. The summed E-state index contributed by atoms with van der Waals surface area (Å²) in [6.45, 7) is 1.86. The molecule has 0 saturated heterocycles. The molecular weight excluding hydrogens is 385 g/mol. The number of rotatable bonds is 6. The van der Waals surface area contributed by atoms with Crippen molar-refractivity contribution >= 4 is 0 Å². The lowest BCUT2D eigenvalue weighted by Gasteiger charge is -2.25. The van der Waals surface area contributed by atoms with E-state index in [-0.39, 0.29) is 23.7 Å². The summed E-state index contributed by atoms with van der Waals surface area (Å²) in [6, 6.07) is 16.5. The zero-order valence-electron chi connectivity index (χ0n) is 15.7. The lowest BCUT2D eigenvalue weighted by atomic mass is 9.96. The number of alkyl halides is 3. The summed E-state index contributed by atoms with van der Waals surface area (Å²) in [5.74, 6) is -0.743. The standard InChI is InChI=1S/C23H20F5N/c1-15(13-16-3-2-4-19(14-16)23(26,27)28)29-22(17-5-9-20(24)10-6-17)18-7-11-21(25)12-8-18/h2-12,14-15,22,29H,13H2,1H3/t15-/m1/s1. The summed E-state index contributed by atoms with van der Waals surface area (Å²) in [4.78, 5) is 0. The van der Waals surface area contributed by atoms with Crippen LogP contribution in [0.3, 0.4) is 0 Å². The highest BCUT2D eigenvalue weighted by Gasteiger charge is 2.30. The molecule has 0 unspecified atom stereocenters. The van der Waals surface area contributed by atoms with Crippen LogP contribution in [0.15, 0.2) is 72.8 Å². The van der Waals surface area contributed by atoms with Gasteiger partial charge in [0, 0.05) is 6.04 Å². The largest absolute Gasteiger partial charge is 0.416 e. The third-order valence-corrected chi connectivity index (χ3v) is 4.65. The molecule has 1 nitrogen and oxygen atoms in total. The van der Waals surface area contributed by atoms with Crippen molar-refractivity contribution in [2.24, 2.45) is 0 Å². The van der Waals surface area contributed by atoms with Gasteiger partial charge < -0.3 is 5.32 Å². The average Bonchev–Trinajstić information content (AvgIpc) is 2.67.